The summed E-state index contributed by atoms with van der Waals surface area (Å²) in [7, 11) is 0. The van der Waals surface area contributed by atoms with Crippen LogP contribution >= 0.6 is 12.2 Å². The Morgan fingerprint density at radius 2 is 1.95 bits per heavy atom. The molecular weight excluding hydrogens is 256 g/mol. The van der Waals surface area contributed by atoms with Crippen molar-refractivity contribution in [3.63, 3.8) is 0 Å². The highest BCUT2D eigenvalue weighted by molar-refractivity contribution is 7.80. The molecular formula is C16H14O2S. The molecule has 3 rings (SSSR count). The summed E-state index contributed by atoms with van der Waals surface area (Å²) in [6, 6.07) is 7.35. The van der Waals surface area contributed by atoms with Crippen molar-refractivity contribution in [2.45, 2.75) is 20.0 Å². The van der Waals surface area contributed by atoms with Gasteiger partial charge in [-0.1, -0.05) is 44.3 Å². The number of hydrogen-bond acceptors (Lipinski definition) is 3. The van der Waals surface area contributed by atoms with Crippen LogP contribution < -0.4 is 4.74 Å². The number of Topliss-reactive ketones (excluding diaryl/α,β-unsaturated/α-hetero) is 1. The number of para-hydroxylation sites is 1. The number of allylic oxidation sites excluding steroid dienone is 2. The number of rotatable bonds is 1. The molecule has 0 N–H and O–H groups in total. The molecule has 0 fully saturated rings. The average Bonchev–Trinajstić information content (AvgIpc) is 2.40. The SMILES string of the molecule is CC(C)C1=C2C(=O)c3ccccc3OC2C(=S)C=C1. The molecule has 1 aliphatic heterocycles. The molecule has 3 heteroatoms. The molecule has 0 radical (unpaired) electrons. The summed E-state index contributed by atoms with van der Waals surface area (Å²) in [5.41, 5.74) is 2.37. The molecule has 2 nitrogen and oxygen atoms in total. The first-order chi connectivity index (χ1) is 9.09. The fourth-order valence-electron chi connectivity index (χ4n) is 2.54. The number of fused-ring (bicyclic) bond motifs is 2. The summed E-state index contributed by atoms with van der Waals surface area (Å²) in [6.07, 6.45) is 3.42. The number of carbonyl (C=O) groups is 1. The molecule has 96 valence electrons. The molecule has 1 unspecified atom stereocenters. The zero-order valence-corrected chi connectivity index (χ0v) is 11.7. The summed E-state index contributed by atoms with van der Waals surface area (Å²) in [6.45, 7) is 4.15. The fraction of sp³-hybridized carbons (Fsp3) is 0.250. The lowest BCUT2D eigenvalue weighted by Crippen LogP contribution is -2.38. The van der Waals surface area contributed by atoms with Crippen molar-refractivity contribution in [2.75, 3.05) is 0 Å². The topological polar surface area (TPSA) is 26.3 Å². The minimum Gasteiger partial charge on any atom is -0.479 e. The Bertz CT molecular complexity index is 638. The van der Waals surface area contributed by atoms with Crippen molar-refractivity contribution in [1.29, 1.82) is 0 Å². The van der Waals surface area contributed by atoms with Crippen molar-refractivity contribution >= 4 is 22.9 Å². The van der Waals surface area contributed by atoms with Crippen LogP contribution in [0.3, 0.4) is 0 Å². The highest BCUT2D eigenvalue weighted by Gasteiger charge is 2.37. The molecule has 1 atom stereocenters. The zero-order valence-electron chi connectivity index (χ0n) is 10.8. The van der Waals surface area contributed by atoms with Gasteiger partial charge in [0.2, 0.25) is 0 Å². The Morgan fingerprint density at radius 1 is 1.21 bits per heavy atom. The van der Waals surface area contributed by atoms with Crippen LogP contribution in [0.15, 0.2) is 47.6 Å². The van der Waals surface area contributed by atoms with Gasteiger partial charge < -0.3 is 4.74 Å². The third-order valence-electron chi connectivity index (χ3n) is 3.50. The quantitative estimate of drug-likeness (QED) is 0.730. The van der Waals surface area contributed by atoms with E-state index in [4.69, 9.17) is 17.0 Å². The van der Waals surface area contributed by atoms with Crippen molar-refractivity contribution < 1.29 is 9.53 Å². The monoisotopic (exact) mass is 270 g/mol. The van der Waals surface area contributed by atoms with Crippen LogP contribution in [0.4, 0.5) is 0 Å². The third-order valence-corrected chi connectivity index (χ3v) is 3.85. The molecule has 0 saturated heterocycles. The van der Waals surface area contributed by atoms with E-state index in [1.807, 2.05) is 30.4 Å². The van der Waals surface area contributed by atoms with Gasteiger partial charge in [0.15, 0.2) is 11.9 Å². The first kappa shape index (κ1) is 12.3. The van der Waals surface area contributed by atoms with Gasteiger partial charge in [-0.25, -0.2) is 0 Å². The Morgan fingerprint density at radius 3 is 2.68 bits per heavy atom. The molecule has 19 heavy (non-hydrogen) atoms. The van der Waals surface area contributed by atoms with E-state index < -0.39 is 6.10 Å². The zero-order chi connectivity index (χ0) is 13.6. The number of carbonyl (C=O) groups excluding carboxylic acids is 1. The van der Waals surface area contributed by atoms with Crippen LogP contribution in [0.5, 0.6) is 5.75 Å². The summed E-state index contributed by atoms with van der Waals surface area (Å²) in [4.78, 5) is 13.3. The van der Waals surface area contributed by atoms with E-state index in [1.165, 1.54) is 0 Å². The molecule has 0 spiro atoms. The van der Waals surface area contributed by atoms with E-state index in [1.54, 1.807) is 6.07 Å². The van der Waals surface area contributed by atoms with Gasteiger partial charge in [0.05, 0.1) is 10.4 Å². The highest BCUT2D eigenvalue weighted by atomic mass is 32.1. The summed E-state index contributed by atoms with van der Waals surface area (Å²) in [5.74, 6) is 0.943. The van der Waals surface area contributed by atoms with E-state index in [-0.39, 0.29) is 11.7 Å². The van der Waals surface area contributed by atoms with Crippen molar-refractivity contribution in [3.8, 4) is 5.75 Å². The van der Waals surface area contributed by atoms with Gasteiger partial charge in [-0.3, -0.25) is 4.79 Å². The normalized spacial score (nSPS) is 21.3. The van der Waals surface area contributed by atoms with Crippen molar-refractivity contribution in [3.05, 3.63) is 53.1 Å². The van der Waals surface area contributed by atoms with E-state index in [9.17, 15) is 4.79 Å². The Balaban J connectivity index is 2.22. The Hall–Kier alpha value is -1.74. The van der Waals surface area contributed by atoms with Crippen LogP contribution in [0.25, 0.3) is 0 Å². The fourth-order valence-corrected chi connectivity index (χ4v) is 2.78. The predicted octanol–water partition coefficient (Wildman–Crippen LogP) is 3.52. The van der Waals surface area contributed by atoms with Gasteiger partial charge in [-0.2, -0.15) is 0 Å². The van der Waals surface area contributed by atoms with Gasteiger partial charge in [0.25, 0.3) is 0 Å². The first-order valence-electron chi connectivity index (χ1n) is 6.36. The number of ether oxygens (including phenoxy) is 1. The number of ketones is 1. The van der Waals surface area contributed by atoms with Crippen LogP contribution in [0, 0.1) is 5.92 Å². The van der Waals surface area contributed by atoms with Crippen molar-refractivity contribution in [1.82, 2.24) is 0 Å². The van der Waals surface area contributed by atoms with Crippen LogP contribution in [0.1, 0.15) is 24.2 Å². The van der Waals surface area contributed by atoms with Gasteiger partial charge in [-0.15, -0.1) is 0 Å². The molecule has 1 aromatic carbocycles. The van der Waals surface area contributed by atoms with Crippen LogP contribution in [-0.4, -0.2) is 16.8 Å². The summed E-state index contributed by atoms with van der Waals surface area (Å²) >= 11 is 5.33. The molecule has 0 saturated carbocycles. The van der Waals surface area contributed by atoms with Gasteiger partial charge >= 0.3 is 0 Å². The number of benzene rings is 1. The van der Waals surface area contributed by atoms with E-state index in [2.05, 4.69) is 13.8 Å². The molecule has 0 aromatic heterocycles. The van der Waals surface area contributed by atoms with E-state index >= 15 is 0 Å². The average molecular weight is 270 g/mol. The Labute approximate surface area is 117 Å². The summed E-state index contributed by atoms with van der Waals surface area (Å²) < 4.78 is 5.93. The third kappa shape index (κ3) is 1.85. The van der Waals surface area contributed by atoms with Crippen LogP contribution in [0.2, 0.25) is 0 Å². The molecule has 2 aliphatic rings. The summed E-state index contributed by atoms with van der Waals surface area (Å²) in [5, 5.41) is 0. The molecule has 1 aliphatic carbocycles. The highest BCUT2D eigenvalue weighted by Crippen LogP contribution is 2.36. The van der Waals surface area contributed by atoms with Gasteiger partial charge in [-0.05, 0) is 29.7 Å². The second kappa shape index (κ2) is 4.42. The minimum atomic E-state index is -0.403. The molecule has 0 bridgehead atoms. The second-order valence-electron chi connectivity index (χ2n) is 5.08. The Kier molecular flexibility index (Phi) is 2.86. The molecule has 0 amide bonds. The van der Waals surface area contributed by atoms with Crippen molar-refractivity contribution in [2.24, 2.45) is 5.92 Å². The van der Waals surface area contributed by atoms with Gasteiger partial charge in [0, 0.05) is 5.57 Å². The molecule has 1 aromatic rings. The maximum absolute atomic E-state index is 12.7. The lowest BCUT2D eigenvalue weighted by Gasteiger charge is -2.32. The maximum atomic E-state index is 12.7. The standard InChI is InChI=1S/C16H14O2S/c1-9(2)10-7-8-13(19)16-14(10)15(17)11-5-3-4-6-12(11)18-16/h3-9,16H,1-2H3. The lowest BCUT2D eigenvalue weighted by molar-refractivity contribution is 0.0983. The number of thiocarbonyl (C=S) groups is 1. The molecule has 1 heterocycles. The maximum Gasteiger partial charge on any atom is 0.197 e. The van der Waals surface area contributed by atoms with E-state index in [0.717, 1.165) is 5.57 Å². The smallest absolute Gasteiger partial charge is 0.197 e. The minimum absolute atomic E-state index is 0.0438. The first-order valence-corrected chi connectivity index (χ1v) is 6.77. The lowest BCUT2D eigenvalue weighted by atomic mass is 9.82. The van der Waals surface area contributed by atoms with Crippen LogP contribution in [-0.2, 0) is 0 Å². The number of hydrogen-bond donors (Lipinski definition) is 0. The largest absolute Gasteiger partial charge is 0.479 e. The van der Waals surface area contributed by atoms with E-state index in [0.29, 0.717) is 21.8 Å². The predicted molar refractivity (Wildman–Crippen MR) is 78.8 cm³/mol. The second-order valence-corrected chi connectivity index (χ2v) is 5.55. The van der Waals surface area contributed by atoms with Gasteiger partial charge in [0.1, 0.15) is 5.75 Å².